The highest BCUT2D eigenvalue weighted by Crippen LogP contribution is 2.33. The highest BCUT2D eigenvalue weighted by Gasteiger charge is 2.18. The molecule has 1 aliphatic heterocycles. The Morgan fingerprint density at radius 1 is 1.07 bits per heavy atom. The standard InChI is InChI=1S/C22H18N4S/c1-15-11-18(12-16(2)26(15)14-17-7-9-24-10-8-17)19(13-23)22-25-20-5-3-4-6-21(20)27-22/h3-12H,14H2,1-2H3. The first-order valence-electron chi connectivity index (χ1n) is 8.69. The zero-order valence-electron chi connectivity index (χ0n) is 15.2. The summed E-state index contributed by atoms with van der Waals surface area (Å²) in [5.74, 6) is 0. The number of aromatic nitrogens is 2. The van der Waals surface area contributed by atoms with Crippen molar-refractivity contribution in [2.45, 2.75) is 20.4 Å². The zero-order chi connectivity index (χ0) is 18.8. The summed E-state index contributed by atoms with van der Waals surface area (Å²) >= 11 is 1.56. The van der Waals surface area contributed by atoms with Crippen molar-refractivity contribution in [3.05, 3.63) is 88.5 Å². The predicted octanol–water partition coefficient (Wildman–Crippen LogP) is 5.29. The molecule has 0 bridgehead atoms. The van der Waals surface area contributed by atoms with E-state index in [-0.39, 0.29) is 0 Å². The van der Waals surface area contributed by atoms with Crippen molar-refractivity contribution in [3.63, 3.8) is 0 Å². The van der Waals surface area contributed by atoms with Gasteiger partial charge in [-0.25, -0.2) is 4.98 Å². The monoisotopic (exact) mass is 370 g/mol. The van der Waals surface area contributed by atoms with Gasteiger partial charge in [-0.3, -0.25) is 4.98 Å². The lowest BCUT2D eigenvalue weighted by Crippen LogP contribution is -2.22. The number of hydrogen-bond donors (Lipinski definition) is 0. The molecule has 4 nitrogen and oxygen atoms in total. The summed E-state index contributed by atoms with van der Waals surface area (Å²) in [4.78, 5) is 11.0. The Balaban J connectivity index is 1.72. The lowest BCUT2D eigenvalue weighted by Gasteiger charge is -2.30. The lowest BCUT2D eigenvalue weighted by molar-refractivity contribution is 0.417. The van der Waals surface area contributed by atoms with E-state index in [0.717, 1.165) is 38.7 Å². The minimum absolute atomic E-state index is 0.624. The van der Waals surface area contributed by atoms with Crippen LogP contribution in [0.15, 0.2) is 77.9 Å². The van der Waals surface area contributed by atoms with Crippen LogP contribution < -0.4 is 0 Å². The number of para-hydroxylation sites is 1. The van der Waals surface area contributed by atoms with E-state index in [1.54, 1.807) is 11.3 Å². The second-order valence-electron chi connectivity index (χ2n) is 6.44. The first-order chi connectivity index (χ1) is 13.2. The molecular formula is C22H18N4S. The van der Waals surface area contributed by atoms with E-state index in [2.05, 4.69) is 46.9 Å². The Morgan fingerprint density at radius 3 is 2.44 bits per heavy atom. The van der Waals surface area contributed by atoms with Gasteiger partial charge in [-0.15, -0.1) is 11.3 Å². The van der Waals surface area contributed by atoms with E-state index in [0.29, 0.717) is 5.57 Å². The molecule has 0 aliphatic carbocycles. The molecular weight excluding hydrogens is 352 g/mol. The van der Waals surface area contributed by atoms with Crippen LogP contribution in [0.4, 0.5) is 0 Å². The Kier molecular flexibility index (Phi) is 4.57. The summed E-state index contributed by atoms with van der Waals surface area (Å²) < 4.78 is 1.09. The minimum Gasteiger partial charge on any atom is -0.345 e. The normalized spacial score (nSPS) is 14.0. The number of nitriles is 1. The first kappa shape index (κ1) is 17.2. The van der Waals surface area contributed by atoms with Crippen molar-refractivity contribution < 1.29 is 0 Å². The Bertz CT molecular complexity index is 1070. The third-order valence-corrected chi connectivity index (χ3v) is 5.63. The number of thiazole rings is 1. The predicted molar refractivity (Wildman–Crippen MR) is 109 cm³/mol. The van der Waals surface area contributed by atoms with Gasteiger partial charge in [0.25, 0.3) is 0 Å². The van der Waals surface area contributed by atoms with Crippen molar-refractivity contribution in [2.24, 2.45) is 0 Å². The van der Waals surface area contributed by atoms with E-state index in [9.17, 15) is 5.26 Å². The highest BCUT2D eigenvalue weighted by atomic mass is 32.1. The molecule has 0 unspecified atom stereocenters. The maximum atomic E-state index is 9.81. The van der Waals surface area contributed by atoms with Gasteiger partial charge in [-0.1, -0.05) is 12.1 Å². The molecule has 0 radical (unpaired) electrons. The first-order valence-corrected chi connectivity index (χ1v) is 9.51. The lowest BCUT2D eigenvalue weighted by atomic mass is 10.0. The van der Waals surface area contributed by atoms with Gasteiger partial charge in [0, 0.05) is 30.3 Å². The molecule has 4 rings (SSSR count). The van der Waals surface area contributed by atoms with Crippen LogP contribution in [0.5, 0.6) is 0 Å². The topological polar surface area (TPSA) is 52.8 Å². The summed E-state index contributed by atoms with van der Waals surface area (Å²) in [6, 6.07) is 14.4. The van der Waals surface area contributed by atoms with Gasteiger partial charge in [0.1, 0.15) is 11.1 Å². The van der Waals surface area contributed by atoms with E-state index in [4.69, 9.17) is 0 Å². The summed E-state index contributed by atoms with van der Waals surface area (Å²) in [6.07, 6.45) is 7.75. The summed E-state index contributed by atoms with van der Waals surface area (Å²) in [5, 5.41) is 10.6. The van der Waals surface area contributed by atoms with Gasteiger partial charge in [-0.05, 0) is 61.4 Å². The van der Waals surface area contributed by atoms with Crippen LogP contribution in [0.1, 0.15) is 24.4 Å². The van der Waals surface area contributed by atoms with Crippen LogP contribution in [0.3, 0.4) is 0 Å². The Hall–Kier alpha value is -3.23. The van der Waals surface area contributed by atoms with Crippen molar-refractivity contribution in [1.82, 2.24) is 14.9 Å². The maximum absolute atomic E-state index is 9.81. The maximum Gasteiger partial charge on any atom is 0.135 e. The van der Waals surface area contributed by atoms with Crippen LogP contribution in [0.25, 0.3) is 15.8 Å². The quantitative estimate of drug-likeness (QED) is 0.588. The Labute approximate surface area is 162 Å². The molecule has 0 atom stereocenters. The molecule has 0 N–H and O–H groups in total. The smallest absolute Gasteiger partial charge is 0.135 e. The zero-order valence-corrected chi connectivity index (χ0v) is 16.0. The molecule has 27 heavy (non-hydrogen) atoms. The molecule has 1 aromatic carbocycles. The SMILES string of the molecule is CC1=CC(=C(C#N)c2nc3ccccc3s2)C=C(C)N1Cc1ccncc1. The second kappa shape index (κ2) is 7.18. The molecule has 0 amide bonds. The van der Waals surface area contributed by atoms with Gasteiger partial charge in [-0.2, -0.15) is 5.26 Å². The number of allylic oxidation sites excluding steroid dienone is 6. The van der Waals surface area contributed by atoms with Gasteiger partial charge in [0.2, 0.25) is 0 Å². The summed E-state index contributed by atoms with van der Waals surface area (Å²) in [7, 11) is 0. The molecule has 3 aromatic rings. The fourth-order valence-corrected chi connectivity index (χ4v) is 4.19. The van der Waals surface area contributed by atoms with Gasteiger partial charge in [0.15, 0.2) is 0 Å². The van der Waals surface area contributed by atoms with E-state index >= 15 is 0 Å². The molecule has 3 heterocycles. The van der Waals surface area contributed by atoms with Crippen LogP contribution in [0, 0.1) is 11.3 Å². The van der Waals surface area contributed by atoms with Crippen LogP contribution in [0.2, 0.25) is 0 Å². The second-order valence-corrected chi connectivity index (χ2v) is 7.47. The molecule has 1 aliphatic rings. The Morgan fingerprint density at radius 2 is 1.78 bits per heavy atom. The summed E-state index contributed by atoms with van der Waals surface area (Å²) in [6.45, 7) is 4.93. The number of nitrogens with zero attached hydrogens (tertiary/aromatic N) is 4. The van der Waals surface area contributed by atoms with Crippen LogP contribution in [-0.4, -0.2) is 14.9 Å². The number of pyridine rings is 1. The fourth-order valence-electron chi connectivity index (χ4n) is 3.21. The molecule has 2 aromatic heterocycles. The van der Waals surface area contributed by atoms with E-state index < -0.39 is 0 Å². The van der Waals surface area contributed by atoms with Crippen LogP contribution in [-0.2, 0) is 6.54 Å². The molecule has 0 spiro atoms. The third-order valence-electron chi connectivity index (χ3n) is 4.58. The van der Waals surface area contributed by atoms with Crippen molar-refractivity contribution in [3.8, 4) is 6.07 Å². The number of benzene rings is 1. The van der Waals surface area contributed by atoms with Crippen molar-refractivity contribution >= 4 is 27.1 Å². The van der Waals surface area contributed by atoms with Gasteiger partial charge < -0.3 is 4.90 Å². The van der Waals surface area contributed by atoms with Gasteiger partial charge in [0.05, 0.1) is 15.8 Å². The van der Waals surface area contributed by atoms with Crippen LogP contribution >= 0.6 is 11.3 Å². The number of rotatable bonds is 3. The average Bonchev–Trinajstić information content (AvgIpc) is 3.10. The molecule has 5 heteroatoms. The molecule has 0 saturated heterocycles. The molecule has 132 valence electrons. The van der Waals surface area contributed by atoms with Crippen molar-refractivity contribution in [1.29, 1.82) is 5.26 Å². The summed E-state index contributed by atoms with van der Waals surface area (Å²) in [5.41, 5.74) is 5.88. The third kappa shape index (κ3) is 3.40. The van der Waals surface area contributed by atoms with Gasteiger partial charge >= 0.3 is 0 Å². The number of hydrogen-bond acceptors (Lipinski definition) is 5. The average molecular weight is 370 g/mol. The number of fused-ring (bicyclic) bond motifs is 1. The minimum atomic E-state index is 0.624. The molecule has 0 saturated carbocycles. The van der Waals surface area contributed by atoms with E-state index in [1.165, 1.54) is 5.56 Å². The fraction of sp³-hybridized carbons (Fsp3) is 0.136. The largest absolute Gasteiger partial charge is 0.345 e. The van der Waals surface area contributed by atoms with Crippen molar-refractivity contribution in [2.75, 3.05) is 0 Å². The van der Waals surface area contributed by atoms with E-state index in [1.807, 2.05) is 48.8 Å². The molecule has 0 fully saturated rings. The highest BCUT2D eigenvalue weighted by molar-refractivity contribution is 7.19.